The largest absolute Gasteiger partial charge is 0.356 e. The number of hydrogen-bond acceptors (Lipinski definition) is 3. The number of nitrogens with one attached hydrogen (secondary N) is 1. The van der Waals surface area contributed by atoms with Crippen LogP contribution in [0.2, 0.25) is 0 Å². The highest BCUT2D eigenvalue weighted by Crippen LogP contribution is 2.20. The molecular weight excluding hydrogens is 295 g/mol. The van der Waals surface area contributed by atoms with Crippen LogP contribution in [0.3, 0.4) is 0 Å². The van der Waals surface area contributed by atoms with Gasteiger partial charge in [0.05, 0.1) is 6.54 Å². The third kappa shape index (κ3) is 3.63. The van der Waals surface area contributed by atoms with Gasteiger partial charge in [-0.2, -0.15) is 0 Å². The molecule has 0 saturated heterocycles. The number of benzene rings is 2. The van der Waals surface area contributed by atoms with Gasteiger partial charge in [-0.15, -0.1) is 0 Å². The summed E-state index contributed by atoms with van der Waals surface area (Å²) >= 11 is 0. The third-order valence-corrected chi connectivity index (χ3v) is 3.41. The number of aryl methyl sites for hydroxylation is 1. The first-order valence-electron chi connectivity index (χ1n) is 7.18. The molecule has 5 heteroatoms. The Morgan fingerprint density at radius 3 is 2.70 bits per heavy atom. The molecule has 1 N–H and O–H groups in total. The van der Waals surface area contributed by atoms with Gasteiger partial charge in [0, 0.05) is 17.2 Å². The lowest BCUT2D eigenvalue weighted by molar-refractivity contribution is 0.0949. The number of carbonyl (C=O) groups is 1. The van der Waals surface area contributed by atoms with Gasteiger partial charge in [-0.1, -0.05) is 41.1 Å². The zero-order valence-electron chi connectivity index (χ0n) is 12.5. The molecule has 23 heavy (non-hydrogen) atoms. The number of aromatic nitrogens is 1. The second-order valence-electron chi connectivity index (χ2n) is 5.24. The van der Waals surface area contributed by atoms with E-state index in [4.69, 9.17) is 4.52 Å². The van der Waals surface area contributed by atoms with Crippen LogP contribution in [0.25, 0.3) is 11.3 Å². The number of nitrogens with zero attached hydrogens (tertiary/aromatic N) is 1. The van der Waals surface area contributed by atoms with Gasteiger partial charge in [0.25, 0.3) is 5.91 Å². The van der Waals surface area contributed by atoms with Crippen LogP contribution in [0.5, 0.6) is 0 Å². The molecule has 0 fully saturated rings. The summed E-state index contributed by atoms with van der Waals surface area (Å²) in [6.45, 7) is 2.22. The molecule has 0 atom stereocenters. The van der Waals surface area contributed by atoms with Crippen LogP contribution in [0, 0.1) is 12.7 Å². The Hall–Kier alpha value is -2.95. The molecule has 3 rings (SSSR count). The van der Waals surface area contributed by atoms with E-state index in [1.54, 1.807) is 12.1 Å². The lowest BCUT2D eigenvalue weighted by atomic mass is 10.1. The van der Waals surface area contributed by atoms with Crippen molar-refractivity contribution < 1.29 is 13.7 Å². The summed E-state index contributed by atoms with van der Waals surface area (Å²) < 4.78 is 18.4. The van der Waals surface area contributed by atoms with E-state index in [1.165, 1.54) is 18.2 Å². The molecule has 0 aliphatic heterocycles. The number of hydrogen-bond donors (Lipinski definition) is 1. The normalized spacial score (nSPS) is 10.5. The summed E-state index contributed by atoms with van der Waals surface area (Å²) in [6, 6.07) is 15.2. The smallest absolute Gasteiger partial charge is 0.251 e. The van der Waals surface area contributed by atoms with Crippen molar-refractivity contribution in [2.45, 2.75) is 13.5 Å². The molecule has 4 nitrogen and oxygen atoms in total. The fraction of sp³-hybridized carbons (Fsp3) is 0.111. The number of halogens is 1. The fourth-order valence-electron chi connectivity index (χ4n) is 2.15. The number of amides is 1. The Morgan fingerprint density at radius 2 is 1.96 bits per heavy atom. The molecule has 0 aliphatic carbocycles. The third-order valence-electron chi connectivity index (χ3n) is 3.41. The maximum atomic E-state index is 13.1. The molecule has 0 spiro atoms. The van der Waals surface area contributed by atoms with Crippen molar-refractivity contribution in [3.63, 3.8) is 0 Å². The van der Waals surface area contributed by atoms with Crippen LogP contribution in [-0.2, 0) is 6.54 Å². The minimum absolute atomic E-state index is 0.213. The molecule has 116 valence electrons. The van der Waals surface area contributed by atoms with E-state index in [0.717, 1.165) is 11.1 Å². The van der Waals surface area contributed by atoms with Gasteiger partial charge in [-0.05, 0) is 25.1 Å². The highest BCUT2D eigenvalue weighted by atomic mass is 19.1. The Kier molecular flexibility index (Phi) is 4.19. The molecule has 0 saturated carbocycles. The maximum Gasteiger partial charge on any atom is 0.251 e. The van der Waals surface area contributed by atoms with Crippen molar-refractivity contribution in [2.24, 2.45) is 0 Å². The molecule has 0 unspecified atom stereocenters. The minimum atomic E-state index is -0.444. The number of rotatable bonds is 4. The standard InChI is InChI=1S/C18H15FN2O2/c1-12-5-7-13(8-6-12)17-10-16(21-23-17)11-20-18(22)14-3-2-4-15(19)9-14/h2-10H,11H2,1H3,(H,20,22). The molecule has 1 heterocycles. The summed E-state index contributed by atoms with van der Waals surface area (Å²) in [5, 5.41) is 6.62. The zero-order valence-corrected chi connectivity index (χ0v) is 12.5. The van der Waals surface area contributed by atoms with Crippen LogP contribution < -0.4 is 5.32 Å². The van der Waals surface area contributed by atoms with Gasteiger partial charge in [0.15, 0.2) is 5.76 Å². The van der Waals surface area contributed by atoms with Crippen molar-refractivity contribution in [3.8, 4) is 11.3 Å². The van der Waals surface area contributed by atoms with Crippen LogP contribution in [-0.4, -0.2) is 11.1 Å². The number of carbonyl (C=O) groups excluding carboxylic acids is 1. The van der Waals surface area contributed by atoms with E-state index in [9.17, 15) is 9.18 Å². The molecule has 0 radical (unpaired) electrons. The molecule has 0 aliphatic rings. The Labute approximate surface area is 132 Å². The van der Waals surface area contributed by atoms with Crippen molar-refractivity contribution in [2.75, 3.05) is 0 Å². The predicted molar refractivity (Wildman–Crippen MR) is 84.2 cm³/mol. The second-order valence-corrected chi connectivity index (χ2v) is 5.24. The molecule has 1 amide bonds. The quantitative estimate of drug-likeness (QED) is 0.799. The molecule has 0 bridgehead atoms. The first-order valence-corrected chi connectivity index (χ1v) is 7.18. The van der Waals surface area contributed by atoms with E-state index >= 15 is 0 Å². The summed E-state index contributed by atoms with van der Waals surface area (Å²) in [5.74, 6) is -0.162. The Bertz CT molecular complexity index is 825. The van der Waals surface area contributed by atoms with Crippen LogP contribution in [0.15, 0.2) is 59.1 Å². The van der Waals surface area contributed by atoms with Crippen molar-refractivity contribution in [3.05, 3.63) is 77.2 Å². The van der Waals surface area contributed by atoms with Crippen LogP contribution >= 0.6 is 0 Å². The van der Waals surface area contributed by atoms with Crippen molar-refractivity contribution in [1.82, 2.24) is 10.5 Å². The summed E-state index contributed by atoms with van der Waals surface area (Å²) in [4.78, 5) is 11.9. The van der Waals surface area contributed by atoms with Crippen molar-refractivity contribution >= 4 is 5.91 Å². The first kappa shape index (κ1) is 15.0. The predicted octanol–water partition coefficient (Wildman–Crippen LogP) is 3.72. The Balaban J connectivity index is 1.65. The summed E-state index contributed by atoms with van der Waals surface area (Å²) in [7, 11) is 0. The minimum Gasteiger partial charge on any atom is -0.356 e. The highest BCUT2D eigenvalue weighted by Gasteiger charge is 2.10. The van der Waals surface area contributed by atoms with Gasteiger partial charge in [0.1, 0.15) is 11.5 Å². The topological polar surface area (TPSA) is 55.1 Å². The van der Waals surface area contributed by atoms with E-state index in [1.807, 2.05) is 31.2 Å². The van der Waals surface area contributed by atoms with Gasteiger partial charge in [0.2, 0.25) is 0 Å². The van der Waals surface area contributed by atoms with Gasteiger partial charge in [-0.3, -0.25) is 4.79 Å². The van der Waals surface area contributed by atoms with Gasteiger partial charge >= 0.3 is 0 Å². The SMILES string of the molecule is Cc1ccc(-c2cc(CNC(=O)c3cccc(F)c3)no2)cc1. The van der Waals surface area contributed by atoms with E-state index in [2.05, 4.69) is 10.5 Å². The van der Waals surface area contributed by atoms with E-state index < -0.39 is 5.82 Å². The lowest BCUT2D eigenvalue weighted by Crippen LogP contribution is -2.22. The van der Waals surface area contributed by atoms with Crippen molar-refractivity contribution in [1.29, 1.82) is 0 Å². The molecule has 2 aromatic carbocycles. The van der Waals surface area contributed by atoms with Gasteiger partial charge in [-0.25, -0.2) is 4.39 Å². The second kappa shape index (κ2) is 6.44. The monoisotopic (exact) mass is 310 g/mol. The van der Waals surface area contributed by atoms with Crippen LogP contribution in [0.1, 0.15) is 21.6 Å². The highest BCUT2D eigenvalue weighted by molar-refractivity contribution is 5.94. The molecule has 3 aromatic rings. The average molecular weight is 310 g/mol. The average Bonchev–Trinajstić information content (AvgIpc) is 3.02. The maximum absolute atomic E-state index is 13.1. The van der Waals surface area contributed by atoms with E-state index in [0.29, 0.717) is 11.5 Å². The van der Waals surface area contributed by atoms with Gasteiger partial charge < -0.3 is 9.84 Å². The lowest BCUT2D eigenvalue weighted by Gasteiger charge is -2.02. The van der Waals surface area contributed by atoms with Crippen LogP contribution in [0.4, 0.5) is 4.39 Å². The summed E-state index contributed by atoms with van der Waals surface area (Å²) in [6.07, 6.45) is 0. The fourth-order valence-corrected chi connectivity index (χ4v) is 2.15. The Morgan fingerprint density at radius 1 is 1.17 bits per heavy atom. The zero-order chi connectivity index (χ0) is 16.2. The molecule has 1 aromatic heterocycles. The summed E-state index contributed by atoms with van der Waals surface area (Å²) in [5.41, 5.74) is 2.96. The first-order chi connectivity index (χ1) is 11.1. The van der Waals surface area contributed by atoms with E-state index in [-0.39, 0.29) is 18.0 Å². The molecular formula is C18H15FN2O2.